The van der Waals surface area contributed by atoms with Crippen molar-refractivity contribution in [1.29, 1.82) is 5.26 Å². The van der Waals surface area contributed by atoms with Crippen molar-refractivity contribution >= 4 is 32.3 Å². The third-order valence-electron chi connectivity index (χ3n) is 10.7. The van der Waals surface area contributed by atoms with E-state index in [1.165, 1.54) is 28.4 Å². The molecule has 1 aliphatic carbocycles. The normalized spacial score (nSPS) is 15.5. The van der Waals surface area contributed by atoms with E-state index >= 15 is 0 Å². The molecular weight excluding hydrogens is 717 g/mol. The Bertz CT molecular complexity index is 1970. The Kier molecular flexibility index (Phi) is 14.3. The first-order valence-electron chi connectivity index (χ1n) is 18.2. The first kappa shape index (κ1) is 42.6. The molecule has 0 N–H and O–H groups in total. The summed E-state index contributed by atoms with van der Waals surface area (Å²) in [6.07, 6.45) is 1.59. The van der Waals surface area contributed by atoms with E-state index in [1.807, 2.05) is 88.4 Å². The van der Waals surface area contributed by atoms with Gasteiger partial charge >= 0.3 is 26.7 Å². The largest absolute Gasteiger partial charge is 0.500 e. The molecule has 3 aromatic carbocycles. The van der Waals surface area contributed by atoms with Gasteiger partial charge in [0.05, 0.1) is 42.8 Å². The summed E-state index contributed by atoms with van der Waals surface area (Å²) < 4.78 is 33.3. The van der Waals surface area contributed by atoms with Crippen molar-refractivity contribution < 1.29 is 41.9 Å². The van der Waals surface area contributed by atoms with E-state index in [1.54, 1.807) is 12.1 Å². The third kappa shape index (κ3) is 9.23. The number of hydrogen-bond donors (Lipinski definition) is 0. The van der Waals surface area contributed by atoms with E-state index in [2.05, 4.69) is 4.85 Å². The molecule has 0 aliphatic heterocycles. The second-order valence-corrected chi connectivity index (χ2v) is 17.4. The number of carbonyl (C=O) groups is 3. The van der Waals surface area contributed by atoms with Crippen LogP contribution in [0.4, 0.5) is 0 Å². The van der Waals surface area contributed by atoms with Crippen molar-refractivity contribution in [1.82, 2.24) is 0 Å². The molecule has 12 heteroatoms. The standard InChI is InChI=1S/C43H50N2O9Si/c1-10-42(3,40(47)49-6)28-43(4,41(48)53-23-14-24-55(50-7,51-8)52-9)25-29(2)31-21-19-30(20-22-31)27-54-39(46)35-18-13-17-34-37(35)32-15-11-12-16-33(32)38(34)36(26-44)45-5/h11-13,15-22,29H,10,14,23-25,27-28H2,1-4,6-9H3. The van der Waals surface area contributed by atoms with Crippen LogP contribution in [0.3, 0.4) is 0 Å². The van der Waals surface area contributed by atoms with Gasteiger partial charge in [-0.3, -0.25) is 9.59 Å². The van der Waals surface area contributed by atoms with Gasteiger partial charge in [-0.25, -0.2) is 14.9 Å². The monoisotopic (exact) mass is 766 g/mol. The van der Waals surface area contributed by atoms with Gasteiger partial charge in [0, 0.05) is 38.5 Å². The SMILES string of the molecule is [C-]#[N+]C(C#N)=C1c2ccccc2-c2c(C(=O)OCc3ccc(C(C)CC(C)(CC(C)(CC)C(=O)OC)C(=O)OCCC[Si](OC)(OC)OC)cc3)cccc21. The second-order valence-electron chi connectivity index (χ2n) is 14.3. The molecule has 0 saturated carbocycles. The van der Waals surface area contributed by atoms with Gasteiger partial charge in [0.25, 0.3) is 5.70 Å². The summed E-state index contributed by atoms with van der Waals surface area (Å²) >= 11 is 0. The fourth-order valence-electron chi connectivity index (χ4n) is 7.50. The molecule has 0 saturated heterocycles. The number of carbonyl (C=O) groups excluding carboxylic acids is 3. The Morgan fingerprint density at radius 2 is 1.49 bits per heavy atom. The second kappa shape index (κ2) is 18.5. The topological polar surface area (TPSA) is 135 Å². The molecule has 0 spiro atoms. The van der Waals surface area contributed by atoms with Gasteiger partial charge in [-0.05, 0) is 79.3 Å². The lowest BCUT2D eigenvalue weighted by atomic mass is 9.67. The molecule has 290 valence electrons. The summed E-state index contributed by atoms with van der Waals surface area (Å²) in [5.41, 5.74) is 3.41. The molecular formula is C43H50N2O9Si. The minimum Gasteiger partial charge on any atom is -0.469 e. The summed E-state index contributed by atoms with van der Waals surface area (Å²) in [6, 6.07) is 22.8. The van der Waals surface area contributed by atoms with Gasteiger partial charge in [0.15, 0.2) is 0 Å². The smallest absolute Gasteiger partial charge is 0.469 e. The van der Waals surface area contributed by atoms with Crippen molar-refractivity contribution in [2.24, 2.45) is 10.8 Å². The number of nitrogens with zero attached hydrogens (tertiary/aromatic N) is 2. The molecule has 0 fully saturated rings. The molecule has 0 radical (unpaired) electrons. The predicted octanol–water partition coefficient (Wildman–Crippen LogP) is 8.52. The van der Waals surface area contributed by atoms with Crippen LogP contribution >= 0.6 is 0 Å². The minimum atomic E-state index is -2.83. The average molecular weight is 767 g/mol. The molecule has 3 atom stereocenters. The van der Waals surface area contributed by atoms with E-state index in [4.69, 9.17) is 34.1 Å². The number of allylic oxidation sites excluding steroid dienone is 1. The summed E-state index contributed by atoms with van der Waals surface area (Å²) in [4.78, 5) is 43.8. The zero-order valence-electron chi connectivity index (χ0n) is 32.9. The van der Waals surface area contributed by atoms with Gasteiger partial charge < -0.3 is 27.5 Å². The van der Waals surface area contributed by atoms with E-state index in [-0.39, 0.29) is 37.2 Å². The number of rotatable bonds is 18. The molecule has 3 aromatic rings. The number of esters is 3. The van der Waals surface area contributed by atoms with E-state index in [0.717, 1.165) is 22.3 Å². The fourth-order valence-corrected chi connectivity index (χ4v) is 9.19. The van der Waals surface area contributed by atoms with Crippen LogP contribution in [-0.2, 0) is 43.7 Å². The average Bonchev–Trinajstić information content (AvgIpc) is 3.54. The van der Waals surface area contributed by atoms with Crippen molar-refractivity contribution in [2.75, 3.05) is 35.0 Å². The van der Waals surface area contributed by atoms with Crippen LogP contribution in [0.25, 0.3) is 21.5 Å². The zero-order chi connectivity index (χ0) is 40.4. The third-order valence-corrected chi connectivity index (χ3v) is 13.5. The fraction of sp³-hybridized carbons (Fsp3) is 0.419. The van der Waals surface area contributed by atoms with E-state index < -0.39 is 31.6 Å². The van der Waals surface area contributed by atoms with Crippen molar-refractivity contribution in [3.05, 3.63) is 112 Å². The number of methoxy groups -OCH3 is 1. The Morgan fingerprint density at radius 1 is 0.855 bits per heavy atom. The first-order chi connectivity index (χ1) is 26.3. The van der Waals surface area contributed by atoms with Crippen LogP contribution in [0.1, 0.15) is 91.9 Å². The van der Waals surface area contributed by atoms with Crippen LogP contribution in [0.5, 0.6) is 0 Å². The molecule has 1 aliphatic rings. The predicted molar refractivity (Wildman–Crippen MR) is 209 cm³/mol. The van der Waals surface area contributed by atoms with Crippen LogP contribution in [-0.4, -0.2) is 61.8 Å². The van der Waals surface area contributed by atoms with Crippen molar-refractivity contribution in [3.8, 4) is 17.2 Å². The van der Waals surface area contributed by atoms with Crippen molar-refractivity contribution in [2.45, 2.75) is 71.9 Å². The molecule has 11 nitrogen and oxygen atoms in total. The van der Waals surface area contributed by atoms with Crippen LogP contribution in [0, 0.1) is 28.7 Å². The lowest BCUT2D eigenvalue weighted by Gasteiger charge is -2.37. The van der Waals surface area contributed by atoms with E-state index in [0.29, 0.717) is 47.6 Å². The van der Waals surface area contributed by atoms with Crippen LogP contribution in [0.15, 0.2) is 72.4 Å². The summed E-state index contributed by atoms with van der Waals surface area (Å²) in [6.45, 7) is 15.3. The molecule has 3 unspecified atom stereocenters. The summed E-state index contributed by atoms with van der Waals surface area (Å²) in [5.74, 6) is -1.41. The van der Waals surface area contributed by atoms with Gasteiger partial charge in [-0.1, -0.05) is 74.5 Å². The number of hydrogen-bond acceptors (Lipinski definition) is 10. The van der Waals surface area contributed by atoms with Crippen LogP contribution in [0.2, 0.25) is 6.04 Å². The quantitative estimate of drug-likeness (QED) is 0.0242. The summed E-state index contributed by atoms with van der Waals surface area (Å²) in [5, 5.41) is 9.67. The zero-order valence-corrected chi connectivity index (χ0v) is 33.9. The maximum Gasteiger partial charge on any atom is 0.500 e. The first-order valence-corrected chi connectivity index (χ1v) is 20.1. The van der Waals surface area contributed by atoms with E-state index in [9.17, 15) is 19.6 Å². The summed E-state index contributed by atoms with van der Waals surface area (Å²) in [7, 11) is 3.14. The lowest BCUT2D eigenvalue weighted by Crippen LogP contribution is -2.43. The minimum absolute atomic E-state index is 0.0182. The Morgan fingerprint density at radius 3 is 2.07 bits per heavy atom. The lowest BCUT2D eigenvalue weighted by molar-refractivity contribution is -0.163. The van der Waals surface area contributed by atoms with Gasteiger partial charge in [-0.2, -0.15) is 0 Å². The molecule has 4 rings (SSSR count). The van der Waals surface area contributed by atoms with Gasteiger partial charge in [-0.15, -0.1) is 0 Å². The number of fused-ring (bicyclic) bond motifs is 3. The molecule has 0 amide bonds. The Balaban J connectivity index is 1.49. The maximum absolute atomic E-state index is 13.9. The molecule has 55 heavy (non-hydrogen) atoms. The molecule has 0 aromatic heterocycles. The molecule has 0 heterocycles. The molecule has 0 bridgehead atoms. The van der Waals surface area contributed by atoms with Crippen LogP contribution < -0.4 is 0 Å². The Labute approximate surface area is 325 Å². The van der Waals surface area contributed by atoms with Gasteiger partial charge in [0.2, 0.25) is 0 Å². The van der Waals surface area contributed by atoms with Crippen molar-refractivity contribution in [3.63, 3.8) is 0 Å². The highest BCUT2D eigenvalue weighted by Gasteiger charge is 2.46. The maximum atomic E-state index is 13.9. The highest BCUT2D eigenvalue weighted by Crippen LogP contribution is 2.48. The highest BCUT2D eigenvalue weighted by atomic mass is 28.4. The number of benzene rings is 3. The van der Waals surface area contributed by atoms with Gasteiger partial charge in [0.1, 0.15) is 6.61 Å². The Hall–Kier alpha value is -5.11. The number of ether oxygens (including phenoxy) is 3. The highest BCUT2D eigenvalue weighted by molar-refractivity contribution is 6.60. The number of nitriles is 1.